The van der Waals surface area contributed by atoms with Gasteiger partial charge in [-0.3, -0.25) is 9.78 Å². The molecule has 1 rings (SSSR count). The van der Waals surface area contributed by atoms with Crippen molar-refractivity contribution in [1.82, 2.24) is 9.97 Å². The van der Waals surface area contributed by atoms with Crippen LogP contribution in [0.2, 0.25) is 0 Å². The Kier molecular flexibility index (Phi) is 3.60. The molecular formula is C10H15N3O2. The summed E-state index contributed by atoms with van der Waals surface area (Å²) >= 11 is 0. The molecular weight excluding hydrogens is 194 g/mol. The average Bonchev–Trinajstić information content (AvgIpc) is 2.20. The summed E-state index contributed by atoms with van der Waals surface area (Å²) in [4.78, 5) is 18.9. The van der Waals surface area contributed by atoms with Crippen LogP contribution in [0.5, 0.6) is 0 Å². The maximum Gasteiger partial charge on any atom is 0.308 e. The highest BCUT2D eigenvalue weighted by molar-refractivity contribution is 5.71. The average molecular weight is 209 g/mol. The van der Waals surface area contributed by atoms with Crippen LogP contribution in [0.15, 0.2) is 12.4 Å². The van der Waals surface area contributed by atoms with Crippen molar-refractivity contribution < 1.29 is 9.90 Å². The molecule has 0 saturated carbocycles. The number of carbonyl (C=O) groups is 1. The first kappa shape index (κ1) is 11.4. The lowest BCUT2D eigenvalue weighted by molar-refractivity contribution is -0.141. The van der Waals surface area contributed by atoms with Gasteiger partial charge in [-0.2, -0.15) is 0 Å². The van der Waals surface area contributed by atoms with E-state index in [9.17, 15) is 4.79 Å². The summed E-state index contributed by atoms with van der Waals surface area (Å²) in [7, 11) is 0. The fourth-order valence-corrected chi connectivity index (χ4v) is 1.10. The molecule has 0 fully saturated rings. The van der Waals surface area contributed by atoms with Gasteiger partial charge in [0.1, 0.15) is 5.82 Å². The van der Waals surface area contributed by atoms with Crippen LogP contribution in [0.4, 0.5) is 5.82 Å². The lowest BCUT2D eigenvalue weighted by atomic mass is 10.0. The molecule has 1 heterocycles. The van der Waals surface area contributed by atoms with E-state index >= 15 is 0 Å². The molecule has 0 aliphatic carbocycles. The van der Waals surface area contributed by atoms with Crippen molar-refractivity contribution in [2.24, 2.45) is 5.92 Å². The number of hydrogen-bond acceptors (Lipinski definition) is 4. The minimum atomic E-state index is -0.823. The minimum absolute atomic E-state index is 0.183. The van der Waals surface area contributed by atoms with Crippen molar-refractivity contribution in [1.29, 1.82) is 0 Å². The number of aromatic nitrogens is 2. The van der Waals surface area contributed by atoms with Crippen LogP contribution in [0, 0.1) is 12.8 Å². The van der Waals surface area contributed by atoms with Crippen molar-refractivity contribution in [2.45, 2.75) is 26.8 Å². The van der Waals surface area contributed by atoms with E-state index in [1.165, 1.54) is 0 Å². The number of nitrogens with one attached hydrogen (secondary N) is 1. The van der Waals surface area contributed by atoms with Gasteiger partial charge in [0.2, 0.25) is 0 Å². The number of aryl methyl sites for hydroxylation is 1. The Labute approximate surface area is 88.6 Å². The fourth-order valence-electron chi connectivity index (χ4n) is 1.10. The molecule has 1 aromatic rings. The molecule has 2 atom stereocenters. The van der Waals surface area contributed by atoms with Crippen molar-refractivity contribution in [3.63, 3.8) is 0 Å². The Morgan fingerprint density at radius 1 is 1.40 bits per heavy atom. The third kappa shape index (κ3) is 2.90. The van der Waals surface area contributed by atoms with Gasteiger partial charge < -0.3 is 10.4 Å². The lowest BCUT2D eigenvalue weighted by Crippen LogP contribution is -2.30. The molecule has 0 aliphatic heterocycles. The number of rotatable bonds is 4. The summed E-state index contributed by atoms with van der Waals surface area (Å²) in [6, 6.07) is -0.183. The predicted octanol–water partition coefficient (Wildman–Crippen LogP) is 1.31. The number of hydrogen-bond donors (Lipinski definition) is 2. The molecule has 1 aromatic heterocycles. The fraction of sp³-hybridized carbons (Fsp3) is 0.500. The Bertz CT molecular complexity index is 354. The predicted molar refractivity (Wildman–Crippen MR) is 56.7 cm³/mol. The van der Waals surface area contributed by atoms with Gasteiger partial charge in [-0.1, -0.05) is 0 Å². The van der Waals surface area contributed by atoms with Crippen LogP contribution in [0.25, 0.3) is 0 Å². The highest BCUT2D eigenvalue weighted by Crippen LogP contribution is 2.12. The summed E-state index contributed by atoms with van der Waals surface area (Å²) in [5.74, 6) is -0.652. The third-order valence-corrected chi connectivity index (χ3v) is 2.39. The van der Waals surface area contributed by atoms with Crippen LogP contribution < -0.4 is 5.32 Å². The first-order valence-corrected chi connectivity index (χ1v) is 4.79. The molecule has 0 radical (unpaired) electrons. The van der Waals surface area contributed by atoms with E-state index in [2.05, 4.69) is 15.3 Å². The summed E-state index contributed by atoms with van der Waals surface area (Å²) in [5, 5.41) is 11.9. The van der Waals surface area contributed by atoms with Crippen LogP contribution >= 0.6 is 0 Å². The SMILES string of the molecule is Cc1nccnc1NC(C)C(C)C(=O)O. The third-order valence-electron chi connectivity index (χ3n) is 2.39. The van der Waals surface area contributed by atoms with E-state index in [1.54, 1.807) is 19.3 Å². The molecule has 0 saturated heterocycles. The molecule has 2 N–H and O–H groups in total. The van der Waals surface area contributed by atoms with E-state index in [-0.39, 0.29) is 6.04 Å². The van der Waals surface area contributed by atoms with Gasteiger partial charge in [-0.15, -0.1) is 0 Å². The van der Waals surface area contributed by atoms with Crippen LogP contribution in [-0.2, 0) is 4.79 Å². The van der Waals surface area contributed by atoms with Gasteiger partial charge in [0, 0.05) is 18.4 Å². The lowest BCUT2D eigenvalue weighted by Gasteiger charge is -2.18. The van der Waals surface area contributed by atoms with Crippen LogP contribution in [-0.4, -0.2) is 27.1 Å². The van der Waals surface area contributed by atoms with E-state index in [0.717, 1.165) is 5.69 Å². The minimum Gasteiger partial charge on any atom is -0.481 e. The van der Waals surface area contributed by atoms with Gasteiger partial charge in [-0.25, -0.2) is 4.98 Å². The molecule has 0 aliphatic rings. The standard InChI is InChI=1S/C10H15N3O2/c1-6(10(14)15)7(2)13-9-8(3)11-4-5-12-9/h4-7H,1-3H3,(H,12,13)(H,14,15). The van der Waals surface area contributed by atoms with Crippen molar-refractivity contribution >= 4 is 11.8 Å². The molecule has 0 amide bonds. The van der Waals surface area contributed by atoms with Gasteiger partial charge in [-0.05, 0) is 20.8 Å². The summed E-state index contributed by atoms with van der Waals surface area (Å²) in [6.45, 7) is 5.30. The van der Waals surface area contributed by atoms with Crippen LogP contribution in [0.1, 0.15) is 19.5 Å². The normalized spacial score (nSPS) is 14.3. The van der Waals surface area contributed by atoms with Crippen LogP contribution in [0.3, 0.4) is 0 Å². The summed E-state index contributed by atoms with van der Waals surface area (Å²) < 4.78 is 0. The maximum absolute atomic E-state index is 10.7. The Balaban J connectivity index is 2.70. The molecule has 5 heteroatoms. The molecule has 0 aromatic carbocycles. The smallest absolute Gasteiger partial charge is 0.308 e. The topological polar surface area (TPSA) is 75.1 Å². The highest BCUT2D eigenvalue weighted by atomic mass is 16.4. The van der Waals surface area contributed by atoms with Gasteiger partial charge >= 0.3 is 5.97 Å². The first-order valence-electron chi connectivity index (χ1n) is 4.79. The van der Waals surface area contributed by atoms with Gasteiger partial charge in [0.05, 0.1) is 11.6 Å². The Morgan fingerprint density at radius 2 is 2.00 bits per heavy atom. The Morgan fingerprint density at radius 3 is 2.53 bits per heavy atom. The van der Waals surface area contributed by atoms with Crippen molar-refractivity contribution in [3.8, 4) is 0 Å². The van der Waals surface area contributed by atoms with E-state index < -0.39 is 11.9 Å². The first-order chi connectivity index (χ1) is 7.02. The zero-order valence-electron chi connectivity index (χ0n) is 9.06. The largest absolute Gasteiger partial charge is 0.481 e. The molecule has 0 bridgehead atoms. The van der Waals surface area contributed by atoms with E-state index in [0.29, 0.717) is 5.82 Å². The monoisotopic (exact) mass is 209 g/mol. The second kappa shape index (κ2) is 4.72. The molecule has 0 spiro atoms. The van der Waals surface area contributed by atoms with Crippen molar-refractivity contribution in [3.05, 3.63) is 18.1 Å². The van der Waals surface area contributed by atoms with Gasteiger partial charge in [0.25, 0.3) is 0 Å². The number of carboxylic acid groups (broad SMARTS) is 1. The number of aliphatic carboxylic acids is 1. The second-order valence-corrected chi connectivity index (χ2v) is 3.55. The van der Waals surface area contributed by atoms with E-state index in [1.807, 2.05) is 13.8 Å². The quantitative estimate of drug-likeness (QED) is 0.781. The molecule has 5 nitrogen and oxygen atoms in total. The summed E-state index contributed by atoms with van der Waals surface area (Å²) in [5.41, 5.74) is 0.766. The molecule has 82 valence electrons. The van der Waals surface area contributed by atoms with E-state index in [4.69, 9.17) is 5.11 Å². The number of carboxylic acids is 1. The highest BCUT2D eigenvalue weighted by Gasteiger charge is 2.19. The van der Waals surface area contributed by atoms with Gasteiger partial charge in [0.15, 0.2) is 0 Å². The molecule has 15 heavy (non-hydrogen) atoms. The number of anilines is 1. The number of nitrogens with zero attached hydrogens (tertiary/aromatic N) is 2. The zero-order valence-corrected chi connectivity index (χ0v) is 9.06. The zero-order chi connectivity index (χ0) is 11.4. The summed E-state index contributed by atoms with van der Waals surface area (Å²) in [6.07, 6.45) is 3.18. The maximum atomic E-state index is 10.7. The second-order valence-electron chi connectivity index (χ2n) is 3.55. The Hall–Kier alpha value is -1.65. The molecule has 2 unspecified atom stereocenters. The van der Waals surface area contributed by atoms with Crippen molar-refractivity contribution in [2.75, 3.05) is 5.32 Å².